The molecular weight excluding hydrogens is 753 g/mol. The number of aliphatic hydroxyl groups excluding tert-OH is 1. The summed E-state index contributed by atoms with van der Waals surface area (Å²) in [5, 5.41) is 10.8. The topological polar surface area (TPSA) is 73.6 Å². The van der Waals surface area contributed by atoms with Crippen LogP contribution in [0.15, 0.2) is 115 Å². The predicted molar refractivity (Wildman–Crippen MR) is 179 cm³/mol. The number of aromatic nitrogens is 2. The third kappa shape index (κ3) is 5.95. The van der Waals surface area contributed by atoms with Crippen molar-refractivity contribution in [2.24, 2.45) is 0 Å². The van der Waals surface area contributed by atoms with Gasteiger partial charge in [-0.05, 0) is 74.5 Å². The molecule has 0 fully saturated rings. The molecule has 0 bridgehead atoms. The van der Waals surface area contributed by atoms with Gasteiger partial charge in [0.25, 0.3) is 0 Å². The zero-order chi connectivity index (χ0) is 31.6. The second-order valence-electron chi connectivity index (χ2n) is 10.9. The van der Waals surface area contributed by atoms with Crippen molar-refractivity contribution in [3.63, 3.8) is 0 Å². The summed E-state index contributed by atoms with van der Waals surface area (Å²) >= 11 is 0. The van der Waals surface area contributed by atoms with E-state index in [1.165, 1.54) is 30.7 Å². The van der Waals surface area contributed by atoms with Crippen molar-refractivity contribution >= 4 is 27.6 Å². The number of aliphatic hydroxyl groups is 1. The van der Waals surface area contributed by atoms with Crippen molar-refractivity contribution in [1.82, 2.24) is 9.55 Å². The van der Waals surface area contributed by atoms with Crippen molar-refractivity contribution in [3.8, 4) is 28.1 Å². The number of ketones is 1. The number of fused-ring (bicyclic) bond motifs is 6. The van der Waals surface area contributed by atoms with E-state index in [4.69, 9.17) is 14.6 Å². The van der Waals surface area contributed by atoms with Crippen molar-refractivity contribution in [2.45, 2.75) is 33.5 Å². The first kappa shape index (κ1) is 33.0. The molecule has 1 aliphatic rings. The maximum atomic E-state index is 10.0. The van der Waals surface area contributed by atoms with Crippen LogP contribution in [0.25, 0.3) is 49.9 Å². The molecule has 0 spiro atoms. The Morgan fingerprint density at radius 1 is 0.848 bits per heavy atom. The molecule has 0 unspecified atom stereocenters. The van der Waals surface area contributed by atoms with E-state index in [0.29, 0.717) is 13.2 Å². The number of carbonyl (C=O) groups excluding carboxylic acids is 1. The molecule has 1 aliphatic carbocycles. The minimum atomic E-state index is -0.936. The van der Waals surface area contributed by atoms with Gasteiger partial charge >= 0.3 is 0 Å². The third-order valence-corrected chi connectivity index (χ3v) is 7.83. The Kier molecular flexibility index (Phi) is 10.00. The smallest absolute Gasteiger partial charge is 0.223 e. The van der Waals surface area contributed by atoms with E-state index in [1.54, 1.807) is 0 Å². The summed E-state index contributed by atoms with van der Waals surface area (Å²) in [4.78, 5) is 14.6. The Morgan fingerprint density at radius 2 is 1.57 bits per heavy atom. The molecule has 0 saturated carbocycles. The molecule has 7 heteroatoms. The molecule has 0 aliphatic heterocycles. The fourth-order valence-electron chi connectivity index (χ4n) is 6.26. The summed E-state index contributed by atoms with van der Waals surface area (Å²) in [6, 6.07) is 37.2. The van der Waals surface area contributed by atoms with Crippen molar-refractivity contribution < 1.29 is 39.5 Å². The molecule has 0 amide bonds. The van der Waals surface area contributed by atoms with Crippen molar-refractivity contribution in [2.75, 3.05) is 13.2 Å². The van der Waals surface area contributed by atoms with Gasteiger partial charge < -0.3 is 24.1 Å². The Bertz CT molecular complexity index is 2040. The second-order valence-corrected chi connectivity index (χ2v) is 10.9. The van der Waals surface area contributed by atoms with Gasteiger partial charge in [0.15, 0.2) is 5.78 Å². The van der Waals surface area contributed by atoms with E-state index in [0.717, 1.165) is 50.2 Å². The van der Waals surface area contributed by atoms with Gasteiger partial charge in [0, 0.05) is 67.5 Å². The molecule has 6 aromatic rings. The molecule has 1 radical (unpaired) electrons. The summed E-state index contributed by atoms with van der Waals surface area (Å²) in [6.45, 7) is 7.97. The average Bonchev–Trinajstić information content (AvgIpc) is 3.50. The number of rotatable bonds is 7. The number of allylic oxidation sites excluding steroid dienone is 2. The summed E-state index contributed by atoms with van der Waals surface area (Å²) < 4.78 is 15.3. The van der Waals surface area contributed by atoms with Gasteiger partial charge in [-0.2, -0.15) is 0 Å². The fourth-order valence-corrected chi connectivity index (χ4v) is 6.26. The summed E-state index contributed by atoms with van der Waals surface area (Å²) in [7, 11) is 0. The molecule has 2 heterocycles. The molecule has 235 valence electrons. The summed E-state index contributed by atoms with van der Waals surface area (Å²) in [6.07, 6.45) is 2.98. The van der Waals surface area contributed by atoms with Gasteiger partial charge in [-0.1, -0.05) is 54.6 Å². The number of ether oxygens (including phenoxy) is 2. The molecule has 4 aromatic carbocycles. The molecule has 46 heavy (non-hydrogen) atoms. The van der Waals surface area contributed by atoms with E-state index in [-0.39, 0.29) is 31.6 Å². The van der Waals surface area contributed by atoms with E-state index >= 15 is 0 Å². The maximum Gasteiger partial charge on any atom is 0.223 e. The van der Waals surface area contributed by atoms with E-state index < -0.39 is 5.79 Å². The van der Waals surface area contributed by atoms with Crippen LogP contribution in [0.4, 0.5) is 0 Å². The number of nitrogens with zero attached hydrogens (tertiary/aromatic N) is 2. The normalized spacial score (nSPS) is 13.0. The standard InChI is InChI=1S/C34H27N2O2.C5H8O2.Ir/c1-3-37-34(38-4-2)29-16-7-5-14-25(29)27-21-28-26-15-6-8-18-32(26)36(33(28)22-30(27)34)24-13-11-12-23(20-24)31-17-9-10-19-35-31;1-4(6)3-5(2)7;/h5-11,13-22H,3-4H2,1-2H3;3,6H,1-2H3;/q-1;;/b;4-3-;. The molecule has 0 saturated heterocycles. The van der Waals surface area contributed by atoms with Gasteiger partial charge in [-0.15, -0.1) is 29.8 Å². The molecule has 6 nitrogen and oxygen atoms in total. The van der Waals surface area contributed by atoms with Gasteiger partial charge in [0.2, 0.25) is 5.79 Å². The first-order valence-corrected chi connectivity index (χ1v) is 15.1. The minimum absolute atomic E-state index is 0. The van der Waals surface area contributed by atoms with Crippen LogP contribution in [0.2, 0.25) is 0 Å². The van der Waals surface area contributed by atoms with E-state index in [2.05, 4.69) is 88.4 Å². The third-order valence-electron chi connectivity index (χ3n) is 7.83. The molecule has 0 atom stereocenters. The number of carbonyl (C=O) groups is 1. The number of hydrogen-bond donors (Lipinski definition) is 1. The summed E-state index contributed by atoms with van der Waals surface area (Å²) in [5.74, 6) is -0.999. The van der Waals surface area contributed by atoms with Crippen LogP contribution in [0.3, 0.4) is 0 Å². The number of benzene rings is 4. The van der Waals surface area contributed by atoms with E-state index in [9.17, 15) is 4.79 Å². The second kappa shape index (κ2) is 13.9. The van der Waals surface area contributed by atoms with Gasteiger partial charge in [0.1, 0.15) is 0 Å². The molecule has 7 rings (SSSR count). The summed E-state index contributed by atoms with van der Waals surface area (Å²) in [5.41, 5.74) is 9.61. The van der Waals surface area contributed by atoms with Crippen LogP contribution in [-0.2, 0) is 40.2 Å². The molecule has 1 N–H and O–H groups in total. The zero-order valence-electron chi connectivity index (χ0n) is 26.2. The number of hydrogen-bond acceptors (Lipinski definition) is 5. The fraction of sp³-hybridized carbons (Fsp3) is 0.179. The van der Waals surface area contributed by atoms with Crippen LogP contribution < -0.4 is 0 Å². The molecule has 2 aromatic heterocycles. The number of pyridine rings is 1. The first-order chi connectivity index (χ1) is 21.9. The van der Waals surface area contributed by atoms with Crippen molar-refractivity contribution in [1.29, 1.82) is 0 Å². The first-order valence-electron chi connectivity index (χ1n) is 15.1. The van der Waals surface area contributed by atoms with Crippen molar-refractivity contribution in [3.05, 3.63) is 132 Å². The van der Waals surface area contributed by atoms with Crippen LogP contribution >= 0.6 is 0 Å². The Morgan fingerprint density at radius 3 is 2.24 bits per heavy atom. The minimum Gasteiger partial charge on any atom is -0.512 e. The zero-order valence-corrected chi connectivity index (χ0v) is 28.6. The Balaban J connectivity index is 0.000000471. The van der Waals surface area contributed by atoms with Crippen LogP contribution in [0, 0.1) is 6.07 Å². The number of para-hydroxylation sites is 1. The van der Waals surface area contributed by atoms with E-state index in [1.807, 2.05) is 44.3 Å². The molecular formula is C39H35IrN2O4-. The monoisotopic (exact) mass is 788 g/mol. The SMILES string of the molecule is CC(=O)/C=C(/C)O.CCOC1(OCC)c2ccccc2-c2cc3c4ccccc4n(-c4cc[c-]c(-c5ccccn5)c4)c3cc21.[Ir]. The average molecular weight is 788 g/mol. The Labute approximate surface area is 282 Å². The maximum absolute atomic E-state index is 10.0. The van der Waals surface area contributed by atoms with Crippen LogP contribution in [0.1, 0.15) is 38.8 Å². The van der Waals surface area contributed by atoms with Gasteiger partial charge in [-0.25, -0.2) is 0 Å². The van der Waals surface area contributed by atoms with Gasteiger partial charge in [0.05, 0.1) is 16.8 Å². The van der Waals surface area contributed by atoms with Crippen LogP contribution in [-0.4, -0.2) is 33.7 Å². The Hall–Kier alpha value is -4.39. The largest absolute Gasteiger partial charge is 0.512 e. The quantitative estimate of drug-likeness (QED) is 0.0758. The van der Waals surface area contributed by atoms with Crippen LogP contribution in [0.5, 0.6) is 0 Å². The van der Waals surface area contributed by atoms with Gasteiger partial charge in [-0.3, -0.25) is 4.79 Å². The predicted octanol–water partition coefficient (Wildman–Crippen LogP) is 8.94.